The van der Waals surface area contributed by atoms with Crippen LogP contribution in [-0.4, -0.2) is 56.4 Å². The van der Waals surface area contributed by atoms with Gasteiger partial charge in [0.25, 0.3) is 0 Å². The summed E-state index contributed by atoms with van der Waals surface area (Å²) < 4.78 is 31.0. The molecular formula is C30H39ClN4O5S. The number of aromatic hydroxyl groups is 1. The van der Waals surface area contributed by atoms with Crippen LogP contribution in [0.4, 0.5) is 16.2 Å². The number of halogens is 1. The zero-order chi connectivity index (χ0) is 28.5. The zero-order valence-electron chi connectivity index (χ0n) is 23.5. The van der Waals surface area contributed by atoms with Crippen molar-refractivity contribution in [1.82, 2.24) is 10.2 Å². The summed E-state index contributed by atoms with van der Waals surface area (Å²) in [4.78, 5) is 17.2. The van der Waals surface area contributed by atoms with E-state index in [0.29, 0.717) is 29.4 Å². The minimum absolute atomic E-state index is 0. The highest BCUT2D eigenvalue weighted by Gasteiger charge is 2.24. The molecule has 11 heteroatoms. The number of ether oxygens (including phenoxy) is 1. The predicted molar refractivity (Wildman–Crippen MR) is 166 cm³/mol. The van der Waals surface area contributed by atoms with Crippen molar-refractivity contribution in [2.24, 2.45) is 0 Å². The van der Waals surface area contributed by atoms with Gasteiger partial charge in [-0.05, 0) is 73.4 Å². The fraction of sp³-hybridized carbons (Fsp3) is 0.367. The Morgan fingerprint density at radius 1 is 1.02 bits per heavy atom. The number of carbonyl (C=O) groups excluding carboxylic acids is 1. The maximum atomic E-state index is 13.1. The van der Waals surface area contributed by atoms with Crippen LogP contribution in [0.15, 0.2) is 72.8 Å². The maximum Gasteiger partial charge on any atom is 0.322 e. The SMILES string of the molecule is CCCCN(C(=O)NC1CCN(Cc2ccc(Oc3ccc(NS(C)(=O)=O)cc3)cc2)CC1)c1cccc(O)c1.Cl. The molecule has 0 bridgehead atoms. The van der Waals surface area contributed by atoms with Crippen LogP contribution in [-0.2, 0) is 16.6 Å². The van der Waals surface area contributed by atoms with Crippen LogP contribution in [0.5, 0.6) is 17.2 Å². The number of nitrogens with zero attached hydrogens (tertiary/aromatic N) is 2. The average molecular weight is 603 g/mol. The van der Waals surface area contributed by atoms with Gasteiger partial charge in [-0.15, -0.1) is 12.4 Å². The smallest absolute Gasteiger partial charge is 0.322 e. The molecule has 3 N–H and O–H groups in total. The van der Waals surface area contributed by atoms with Crippen LogP contribution in [0, 0.1) is 0 Å². The van der Waals surface area contributed by atoms with Crippen molar-refractivity contribution >= 4 is 39.8 Å². The standard InChI is InChI=1S/C30H38N4O5S.ClH/c1-3-4-18-34(26-6-5-7-27(35)21-26)30(36)31-24-16-19-33(20-17-24)22-23-8-12-28(13-9-23)39-29-14-10-25(11-15-29)32-40(2,37)38;/h5-15,21,24,32,35H,3-4,16-20,22H2,1-2H3,(H,31,36);1H. The number of hydrogen-bond acceptors (Lipinski definition) is 6. The lowest BCUT2D eigenvalue weighted by atomic mass is 10.0. The predicted octanol–water partition coefficient (Wildman–Crippen LogP) is 5.96. The Morgan fingerprint density at radius 3 is 2.24 bits per heavy atom. The third-order valence-corrected chi connectivity index (χ3v) is 7.37. The minimum atomic E-state index is -3.32. The lowest BCUT2D eigenvalue weighted by molar-refractivity contribution is 0.188. The second kappa shape index (κ2) is 15.0. The Kier molecular flexibility index (Phi) is 11.7. The number of phenolic OH excluding ortho intramolecular Hbond substituents is 1. The van der Waals surface area contributed by atoms with E-state index in [2.05, 4.69) is 21.9 Å². The highest BCUT2D eigenvalue weighted by molar-refractivity contribution is 7.92. The van der Waals surface area contributed by atoms with E-state index in [0.717, 1.165) is 51.6 Å². The number of piperidine rings is 1. The molecule has 2 amide bonds. The monoisotopic (exact) mass is 602 g/mol. The number of likely N-dealkylation sites (tertiary alicyclic amines) is 1. The summed E-state index contributed by atoms with van der Waals surface area (Å²) in [6.07, 6.45) is 4.73. The van der Waals surface area contributed by atoms with E-state index in [1.54, 1.807) is 47.4 Å². The third-order valence-electron chi connectivity index (χ3n) is 6.76. The van der Waals surface area contributed by atoms with Crippen molar-refractivity contribution in [3.05, 3.63) is 78.4 Å². The molecule has 0 spiro atoms. The summed E-state index contributed by atoms with van der Waals surface area (Å²) in [5, 5.41) is 13.1. The number of unbranched alkanes of at least 4 members (excludes halogenated alkanes) is 1. The quantitative estimate of drug-likeness (QED) is 0.250. The molecule has 9 nitrogen and oxygen atoms in total. The van der Waals surface area contributed by atoms with E-state index in [9.17, 15) is 18.3 Å². The Bertz CT molecular complexity index is 1360. The summed E-state index contributed by atoms with van der Waals surface area (Å²) in [6, 6.07) is 21.5. The molecule has 0 radical (unpaired) electrons. The molecule has 0 atom stereocenters. The normalized spacial score (nSPS) is 14.1. The molecule has 0 saturated carbocycles. The minimum Gasteiger partial charge on any atom is -0.508 e. The molecule has 3 aromatic rings. The molecule has 1 aliphatic rings. The zero-order valence-corrected chi connectivity index (χ0v) is 25.1. The number of phenols is 1. The van der Waals surface area contributed by atoms with Gasteiger partial charge >= 0.3 is 6.03 Å². The molecule has 0 aromatic heterocycles. The van der Waals surface area contributed by atoms with Crippen LogP contribution < -0.4 is 19.7 Å². The third kappa shape index (κ3) is 10.1. The van der Waals surface area contributed by atoms with Crippen molar-refractivity contribution in [2.45, 2.75) is 45.2 Å². The van der Waals surface area contributed by atoms with Crippen molar-refractivity contribution in [3.8, 4) is 17.2 Å². The van der Waals surface area contributed by atoms with Crippen LogP contribution in [0.25, 0.3) is 0 Å². The molecule has 1 heterocycles. The van der Waals surface area contributed by atoms with Crippen molar-refractivity contribution < 1.29 is 23.1 Å². The van der Waals surface area contributed by atoms with Gasteiger partial charge in [0.1, 0.15) is 17.2 Å². The molecule has 1 fully saturated rings. The van der Waals surface area contributed by atoms with Crippen LogP contribution >= 0.6 is 12.4 Å². The van der Waals surface area contributed by atoms with Crippen LogP contribution in [0.1, 0.15) is 38.2 Å². The second-order valence-electron chi connectivity index (χ2n) is 10.2. The number of anilines is 2. The van der Waals surface area contributed by atoms with Gasteiger partial charge in [0.15, 0.2) is 0 Å². The van der Waals surface area contributed by atoms with E-state index >= 15 is 0 Å². The molecule has 222 valence electrons. The Hall–Kier alpha value is -3.47. The molecule has 4 rings (SSSR count). The number of nitrogens with one attached hydrogen (secondary N) is 2. The highest BCUT2D eigenvalue weighted by Crippen LogP contribution is 2.25. The summed E-state index contributed by atoms with van der Waals surface area (Å²) in [5.41, 5.74) is 2.37. The Labute approximate surface area is 249 Å². The van der Waals surface area contributed by atoms with Crippen LogP contribution in [0.2, 0.25) is 0 Å². The maximum absolute atomic E-state index is 13.1. The van der Waals surface area contributed by atoms with E-state index < -0.39 is 10.0 Å². The van der Waals surface area contributed by atoms with Crippen molar-refractivity contribution in [3.63, 3.8) is 0 Å². The molecule has 0 aliphatic carbocycles. The second-order valence-corrected chi connectivity index (χ2v) is 11.9. The number of urea groups is 1. The number of amides is 2. The van der Waals surface area contributed by atoms with Gasteiger partial charge in [0.2, 0.25) is 10.0 Å². The first kappa shape index (κ1) is 32.0. The van der Waals surface area contributed by atoms with Crippen molar-refractivity contribution in [2.75, 3.05) is 35.5 Å². The van der Waals surface area contributed by atoms with Gasteiger partial charge in [0, 0.05) is 49.7 Å². The van der Waals surface area contributed by atoms with E-state index in [1.165, 1.54) is 5.56 Å². The first-order valence-corrected chi connectivity index (χ1v) is 15.5. The molecule has 1 saturated heterocycles. The first-order valence-electron chi connectivity index (χ1n) is 13.6. The van der Waals surface area contributed by atoms with Gasteiger partial charge in [-0.1, -0.05) is 31.5 Å². The topological polar surface area (TPSA) is 111 Å². The first-order chi connectivity index (χ1) is 19.2. The number of hydrogen-bond donors (Lipinski definition) is 3. The molecular weight excluding hydrogens is 564 g/mol. The summed E-state index contributed by atoms with van der Waals surface area (Å²) >= 11 is 0. The molecule has 41 heavy (non-hydrogen) atoms. The van der Waals surface area contributed by atoms with E-state index in [-0.39, 0.29) is 30.2 Å². The average Bonchev–Trinajstić information content (AvgIpc) is 2.91. The summed E-state index contributed by atoms with van der Waals surface area (Å²) in [7, 11) is -3.32. The Morgan fingerprint density at radius 2 is 1.66 bits per heavy atom. The van der Waals surface area contributed by atoms with Gasteiger partial charge < -0.3 is 15.2 Å². The largest absolute Gasteiger partial charge is 0.508 e. The van der Waals surface area contributed by atoms with E-state index in [4.69, 9.17) is 4.74 Å². The lowest BCUT2D eigenvalue weighted by Gasteiger charge is -2.34. The van der Waals surface area contributed by atoms with Crippen molar-refractivity contribution in [1.29, 1.82) is 0 Å². The fourth-order valence-corrected chi connectivity index (χ4v) is 5.24. The number of carbonyl (C=O) groups is 1. The van der Waals surface area contributed by atoms with Gasteiger partial charge in [-0.2, -0.15) is 0 Å². The fourth-order valence-electron chi connectivity index (χ4n) is 4.68. The number of sulfonamides is 1. The summed E-state index contributed by atoms with van der Waals surface area (Å²) in [5.74, 6) is 1.47. The molecule has 3 aromatic carbocycles. The highest BCUT2D eigenvalue weighted by atomic mass is 35.5. The lowest BCUT2D eigenvalue weighted by Crippen LogP contribution is -2.49. The molecule has 0 unspecified atom stereocenters. The molecule has 1 aliphatic heterocycles. The van der Waals surface area contributed by atoms with Crippen LogP contribution in [0.3, 0.4) is 0 Å². The summed E-state index contributed by atoms with van der Waals surface area (Å²) in [6.45, 7) is 5.29. The van der Waals surface area contributed by atoms with E-state index in [1.807, 2.05) is 30.3 Å². The number of rotatable bonds is 11. The Balaban J connectivity index is 0.00000462. The van der Waals surface area contributed by atoms with Gasteiger partial charge in [-0.25, -0.2) is 13.2 Å². The number of benzene rings is 3. The van der Waals surface area contributed by atoms with Gasteiger partial charge in [0.05, 0.1) is 6.26 Å². The van der Waals surface area contributed by atoms with Gasteiger partial charge in [-0.3, -0.25) is 14.5 Å².